The Bertz CT molecular complexity index is 2060. The van der Waals surface area contributed by atoms with E-state index in [9.17, 15) is 18.4 Å². The number of hydrogen-bond acceptors (Lipinski definition) is 4. The molecule has 5 aromatic carbocycles. The predicted molar refractivity (Wildman–Crippen MR) is 186 cm³/mol. The van der Waals surface area contributed by atoms with Gasteiger partial charge in [-0.05, 0) is 100 Å². The maximum Gasteiger partial charge on any atom is 0.321 e. The number of pyridine rings is 1. The molecule has 238 valence electrons. The molecular formula is C38H33BrF2N4O2. The molecule has 7 rings (SSSR count). The van der Waals surface area contributed by atoms with Gasteiger partial charge in [0.05, 0.1) is 5.52 Å². The average molecular weight is 696 g/mol. The Morgan fingerprint density at radius 1 is 0.745 bits per heavy atom. The molecule has 1 fully saturated rings. The predicted octanol–water partition coefficient (Wildman–Crippen LogP) is 8.50. The summed E-state index contributed by atoms with van der Waals surface area (Å²) in [5, 5.41) is 11.0. The fraction of sp³-hybridized carbons (Fsp3) is 0.184. The molecule has 0 atom stereocenters. The molecule has 0 saturated carbocycles. The van der Waals surface area contributed by atoms with Crippen molar-refractivity contribution in [1.29, 1.82) is 0 Å². The number of benzene rings is 5. The summed E-state index contributed by atoms with van der Waals surface area (Å²) in [7, 11) is 0. The summed E-state index contributed by atoms with van der Waals surface area (Å²) < 4.78 is 26.2. The standard InChI is InChI=1S/C27H25FN4O2.C11H8BrF/c28-23-7-5-19-14-18(3-4-20(19)16-23)17-32-12-9-24(10-13-32)30-27(34)31-26(33)22-6-8-25-21(15-22)2-1-11-29-25;12-7-8-1-2-10-6-11(13)4-3-9(10)5-8/h1-8,11,14-16,24H,9-10,12-13,17H2,(H2,30,31,33,34);1-6H,7H2. The molecule has 1 aliphatic heterocycles. The lowest BCUT2D eigenvalue weighted by molar-refractivity contribution is 0.0962. The van der Waals surface area contributed by atoms with Gasteiger partial charge in [0.2, 0.25) is 0 Å². The molecule has 3 amide bonds. The quantitative estimate of drug-likeness (QED) is 0.178. The van der Waals surface area contributed by atoms with Crippen LogP contribution in [0.5, 0.6) is 0 Å². The number of alkyl halides is 1. The molecule has 6 aromatic rings. The van der Waals surface area contributed by atoms with Gasteiger partial charge in [0.15, 0.2) is 0 Å². The van der Waals surface area contributed by atoms with Crippen LogP contribution < -0.4 is 10.6 Å². The van der Waals surface area contributed by atoms with Crippen molar-refractivity contribution in [2.24, 2.45) is 0 Å². The second kappa shape index (κ2) is 14.8. The second-order valence-electron chi connectivity index (χ2n) is 11.7. The average Bonchev–Trinajstić information content (AvgIpc) is 3.09. The number of likely N-dealkylation sites (tertiary alicyclic amines) is 1. The van der Waals surface area contributed by atoms with Crippen LogP contribution in [0.3, 0.4) is 0 Å². The van der Waals surface area contributed by atoms with E-state index in [-0.39, 0.29) is 17.7 Å². The Morgan fingerprint density at radius 2 is 1.36 bits per heavy atom. The van der Waals surface area contributed by atoms with Crippen molar-refractivity contribution < 1.29 is 18.4 Å². The van der Waals surface area contributed by atoms with Crippen LogP contribution in [0, 0.1) is 11.6 Å². The molecular weight excluding hydrogens is 662 g/mol. The molecule has 47 heavy (non-hydrogen) atoms. The van der Waals surface area contributed by atoms with Gasteiger partial charge >= 0.3 is 6.03 Å². The molecule has 1 aliphatic rings. The first-order valence-corrected chi connectivity index (χ1v) is 16.6. The van der Waals surface area contributed by atoms with E-state index < -0.39 is 11.9 Å². The van der Waals surface area contributed by atoms with Crippen LogP contribution in [0.4, 0.5) is 13.6 Å². The fourth-order valence-electron chi connectivity index (χ4n) is 5.82. The van der Waals surface area contributed by atoms with Gasteiger partial charge in [-0.15, -0.1) is 0 Å². The molecule has 2 heterocycles. The smallest absolute Gasteiger partial charge is 0.321 e. The number of urea groups is 1. The van der Waals surface area contributed by atoms with Crippen LogP contribution in [-0.2, 0) is 11.9 Å². The number of imide groups is 1. The van der Waals surface area contributed by atoms with Crippen molar-refractivity contribution >= 4 is 60.3 Å². The summed E-state index contributed by atoms with van der Waals surface area (Å²) in [5.41, 5.74) is 3.61. The Labute approximate surface area is 279 Å². The van der Waals surface area contributed by atoms with E-state index >= 15 is 0 Å². The first kappa shape index (κ1) is 32.2. The molecule has 0 spiro atoms. The first-order valence-electron chi connectivity index (χ1n) is 15.4. The van der Waals surface area contributed by atoms with Crippen LogP contribution in [-0.4, -0.2) is 41.0 Å². The van der Waals surface area contributed by atoms with Crippen LogP contribution >= 0.6 is 15.9 Å². The van der Waals surface area contributed by atoms with Gasteiger partial charge in [-0.2, -0.15) is 0 Å². The molecule has 0 aliphatic carbocycles. The Morgan fingerprint density at radius 3 is 2.04 bits per heavy atom. The molecule has 0 bridgehead atoms. The van der Waals surface area contributed by atoms with Gasteiger partial charge in [-0.3, -0.25) is 20.0 Å². The summed E-state index contributed by atoms with van der Waals surface area (Å²) in [6.45, 7) is 2.50. The van der Waals surface area contributed by atoms with E-state index in [1.807, 2.05) is 36.4 Å². The molecule has 6 nitrogen and oxygen atoms in total. The minimum absolute atomic E-state index is 0.0180. The maximum atomic E-state index is 13.4. The number of fused-ring (bicyclic) bond motifs is 3. The fourth-order valence-corrected chi connectivity index (χ4v) is 6.17. The molecule has 1 aromatic heterocycles. The number of hydrogen-bond donors (Lipinski definition) is 2. The third kappa shape index (κ3) is 8.36. The van der Waals surface area contributed by atoms with Gasteiger partial charge < -0.3 is 5.32 Å². The highest BCUT2D eigenvalue weighted by atomic mass is 79.9. The zero-order chi connectivity index (χ0) is 32.8. The zero-order valence-corrected chi connectivity index (χ0v) is 27.1. The van der Waals surface area contributed by atoms with Gasteiger partial charge in [0.25, 0.3) is 5.91 Å². The van der Waals surface area contributed by atoms with Gasteiger partial charge in [-0.25, -0.2) is 13.6 Å². The third-order valence-corrected chi connectivity index (χ3v) is 8.96. The van der Waals surface area contributed by atoms with Gasteiger partial charge in [0.1, 0.15) is 11.6 Å². The minimum Gasteiger partial charge on any atom is -0.335 e. The Balaban J connectivity index is 0.000000248. The summed E-state index contributed by atoms with van der Waals surface area (Å²) in [5.74, 6) is -0.842. The van der Waals surface area contributed by atoms with E-state index in [0.29, 0.717) is 5.56 Å². The van der Waals surface area contributed by atoms with E-state index in [0.717, 1.165) is 70.3 Å². The summed E-state index contributed by atoms with van der Waals surface area (Å²) in [6, 6.07) is 30.1. The van der Waals surface area contributed by atoms with Crippen LogP contribution in [0.1, 0.15) is 34.3 Å². The lowest BCUT2D eigenvalue weighted by Gasteiger charge is -2.32. The van der Waals surface area contributed by atoms with E-state index in [1.165, 1.54) is 23.3 Å². The van der Waals surface area contributed by atoms with Gasteiger partial charge in [0, 0.05) is 48.2 Å². The van der Waals surface area contributed by atoms with Crippen molar-refractivity contribution in [2.45, 2.75) is 30.8 Å². The van der Waals surface area contributed by atoms with E-state index in [4.69, 9.17) is 0 Å². The highest BCUT2D eigenvalue weighted by molar-refractivity contribution is 9.08. The Kier molecular flexibility index (Phi) is 10.1. The Hall–Kier alpha value is -4.73. The summed E-state index contributed by atoms with van der Waals surface area (Å²) in [4.78, 5) is 31.5. The topological polar surface area (TPSA) is 74.3 Å². The molecule has 0 radical (unpaired) electrons. The zero-order valence-electron chi connectivity index (χ0n) is 25.6. The second-order valence-corrected chi connectivity index (χ2v) is 12.2. The lowest BCUT2D eigenvalue weighted by atomic mass is 10.0. The van der Waals surface area contributed by atoms with Crippen LogP contribution in [0.15, 0.2) is 109 Å². The number of piperidine rings is 1. The largest absolute Gasteiger partial charge is 0.335 e. The SMILES string of the molecule is Fc1ccc2cc(CBr)ccc2c1.O=C(NC(=O)c1ccc2ncccc2c1)NC1CCN(Cc2ccc3cc(F)ccc3c2)CC1. The van der Waals surface area contributed by atoms with Crippen LogP contribution in [0.2, 0.25) is 0 Å². The number of carbonyl (C=O) groups is 2. The number of nitrogens with one attached hydrogen (secondary N) is 2. The summed E-state index contributed by atoms with van der Waals surface area (Å²) >= 11 is 3.38. The highest BCUT2D eigenvalue weighted by Gasteiger charge is 2.22. The van der Waals surface area contributed by atoms with Crippen molar-refractivity contribution in [3.05, 3.63) is 138 Å². The van der Waals surface area contributed by atoms with Crippen molar-refractivity contribution in [1.82, 2.24) is 20.5 Å². The highest BCUT2D eigenvalue weighted by Crippen LogP contribution is 2.21. The number of amides is 3. The maximum absolute atomic E-state index is 13.4. The minimum atomic E-state index is -0.475. The van der Waals surface area contributed by atoms with Crippen molar-refractivity contribution in [3.63, 3.8) is 0 Å². The summed E-state index contributed by atoms with van der Waals surface area (Å²) in [6.07, 6.45) is 3.31. The monoisotopic (exact) mass is 694 g/mol. The molecule has 9 heteroatoms. The number of rotatable bonds is 5. The number of carbonyl (C=O) groups excluding carboxylic acids is 2. The normalized spacial score (nSPS) is 13.7. The first-order chi connectivity index (χ1) is 22.8. The molecule has 2 N–H and O–H groups in total. The van der Waals surface area contributed by atoms with Crippen molar-refractivity contribution in [3.8, 4) is 0 Å². The van der Waals surface area contributed by atoms with Crippen LogP contribution in [0.25, 0.3) is 32.4 Å². The van der Waals surface area contributed by atoms with E-state index in [1.54, 1.807) is 48.7 Å². The third-order valence-electron chi connectivity index (χ3n) is 8.31. The molecule has 1 saturated heterocycles. The van der Waals surface area contributed by atoms with Gasteiger partial charge in [-0.1, -0.05) is 64.5 Å². The number of nitrogens with zero attached hydrogens (tertiary/aromatic N) is 2. The lowest BCUT2D eigenvalue weighted by Crippen LogP contribution is -2.49. The van der Waals surface area contributed by atoms with E-state index in [2.05, 4.69) is 48.6 Å². The number of aromatic nitrogens is 1. The number of halogens is 3. The van der Waals surface area contributed by atoms with Crippen molar-refractivity contribution in [2.75, 3.05) is 13.1 Å². The molecule has 0 unspecified atom stereocenters.